The summed E-state index contributed by atoms with van der Waals surface area (Å²) < 4.78 is 0. The topological polar surface area (TPSA) is 132 Å². The van der Waals surface area contributed by atoms with E-state index in [2.05, 4.69) is 0 Å². The fraction of sp³-hybridized carbons (Fsp3) is 0.500. The van der Waals surface area contributed by atoms with Crippen LogP contribution in [0.25, 0.3) is 0 Å². The first kappa shape index (κ1) is 12.1. The molecule has 0 radical (unpaired) electrons. The van der Waals surface area contributed by atoms with Crippen molar-refractivity contribution in [2.45, 2.75) is 18.4 Å². The Morgan fingerprint density at radius 3 is 2.25 bits per heavy atom. The molecule has 88 valence electrons. The number of nitrogens with zero attached hydrogens (tertiary/aromatic N) is 1. The van der Waals surface area contributed by atoms with Gasteiger partial charge in [0.25, 0.3) is 5.91 Å². The fourth-order valence-electron chi connectivity index (χ4n) is 1.47. The molecule has 0 bridgehead atoms. The molecule has 1 fully saturated rings. The molecule has 0 unspecified atom stereocenters. The van der Waals surface area contributed by atoms with Gasteiger partial charge in [-0.25, -0.2) is 0 Å². The average molecular weight is 231 g/mol. The van der Waals surface area contributed by atoms with Crippen molar-refractivity contribution in [1.82, 2.24) is 4.90 Å². The number of carbonyl (C=O) groups excluding carboxylic acids is 2. The molecule has 8 heteroatoms. The van der Waals surface area contributed by atoms with Crippen LogP contribution in [0.1, 0.15) is 12.8 Å². The van der Waals surface area contributed by atoms with Gasteiger partial charge in [-0.15, -0.1) is 0 Å². The maximum absolute atomic E-state index is 11.4. The number of hydrogen-bond acceptors (Lipinski definition) is 5. The molecule has 0 aromatic heterocycles. The summed E-state index contributed by atoms with van der Waals surface area (Å²) in [4.78, 5) is 43.7. The van der Waals surface area contributed by atoms with Crippen molar-refractivity contribution in [3.05, 3.63) is 0 Å². The Hall–Kier alpha value is -1.96. The molecule has 0 aromatic rings. The molecule has 2 amide bonds. The maximum atomic E-state index is 11.4. The zero-order valence-electron chi connectivity index (χ0n) is 8.04. The van der Waals surface area contributed by atoms with Crippen LogP contribution in [0.4, 0.5) is 0 Å². The van der Waals surface area contributed by atoms with Gasteiger partial charge in [0.15, 0.2) is 5.60 Å². The summed E-state index contributed by atoms with van der Waals surface area (Å²) in [5.41, 5.74) is -2.32. The standard InChI is InChI=1S/C8H9NO7/c10-4-1-8(16,2-5(11)12)7(15)9(4)3-6(13)14/h16H,1-3H2,(H,11,12)(H,13,14)/t8-/m1/s1. The largest absolute Gasteiger partial charge is 0.481 e. The monoisotopic (exact) mass is 231 g/mol. The van der Waals surface area contributed by atoms with Crippen molar-refractivity contribution in [3.8, 4) is 0 Å². The van der Waals surface area contributed by atoms with Gasteiger partial charge >= 0.3 is 11.9 Å². The molecule has 0 spiro atoms. The van der Waals surface area contributed by atoms with Gasteiger partial charge in [0, 0.05) is 0 Å². The summed E-state index contributed by atoms with van der Waals surface area (Å²) in [5.74, 6) is -4.93. The van der Waals surface area contributed by atoms with Crippen molar-refractivity contribution in [3.63, 3.8) is 0 Å². The Kier molecular flexibility index (Phi) is 2.95. The first-order valence-electron chi connectivity index (χ1n) is 4.27. The Balaban J connectivity index is 2.88. The smallest absolute Gasteiger partial charge is 0.323 e. The van der Waals surface area contributed by atoms with Crippen LogP contribution in [-0.2, 0) is 19.2 Å². The van der Waals surface area contributed by atoms with Gasteiger partial charge in [0.2, 0.25) is 5.91 Å². The van der Waals surface area contributed by atoms with E-state index in [1.165, 1.54) is 0 Å². The second kappa shape index (κ2) is 3.89. The van der Waals surface area contributed by atoms with Gasteiger partial charge in [0.1, 0.15) is 6.54 Å². The summed E-state index contributed by atoms with van der Waals surface area (Å²) >= 11 is 0. The van der Waals surface area contributed by atoms with Crippen LogP contribution in [0, 0.1) is 0 Å². The molecule has 1 atom stereocenters. The third-order valence-corrected chi connectivity index (χ3v) is 2.13. The molecule has 0 aromatic carbocycles. The number of carbonyl (C=O) groups is 4. The summed E-state index contributed by atoms with van der Waals surface area (Å²) in [6.45, 7) is -0.875. The summed E-state index contributed by atoms with van der Waals surface area (Å²) in [6, 6.07) is 0. The Morgan fingerprint density at radius 1 is 1.25 bits per heavy atom. The predicted octanol–water partition coefficient (Wildman–Crippen LogP) is -1.96. The van der Waals surface area contributed by atoms with Crippen molar-refractivity contribution in [2.75, 3.05) is 6.54 Å². The van der Waals surface area contributed by atoms with Crippen molar-refractivity contribution < 1.29 is 34.5 Å². The van der Waals surface area contributed by atoms with E-state index in [9.17, 15) is 24.3 Å². The Morgan fingerprint density at radius 2 is 1.81 bits per heavy atom. The van der Waals surface area contributed by atoms with Crippen LogP contribution in [-0.4, -0.2) is 56.1 Å². The Labute approximate surface area is 89.1 Å². The molecule has 3 N–H and O–H groups in total. The van der Waals surface area contributed by atoms with E-state index in [0.29, 0.717) is 4.90 Å². The van der Waals surface area contributed by atoms with Gasteiger partial charge in [0.05, 0.1) is 12.8 Å². The number of amides is 2. The molecule has 1 saturated heterocycles. The summed E-state index contributed by atoms with van der Waals surface area (Å²) in [6.07, 6.45) is -1.63. The fourth-order valence-corrected chi connectivity index (χ4v) is 1.47. The molecule has 1 aliphatic rings. The first-order chi connectivity index (χ1) is 7.26. The van der Waals surface area contributed by atoms with E-state index in [-0.39, 0.29) is 0 Å². The average Bonchev–Trinajstić information content (AvgIpc) is 2.27. The highest BCUT2D eigenvalue weighted by Gasteiger charge is 2.52. The van der Waals surface area contributed by atoms with Gasteiger partial charge in [-0.3, -0.25) is 24.1 Å². The lowest BCUT2D eigenvalue weighted by atomic mass is 9.98. The Bertz CT molecular complexity index is 377. The highest BCUT2D eigenvalue weighted by Crippen LogP contribution is 2.27. The third kappa shape index (κ3) is 2.16. The number of carboxylic acids is 2. The molecule has 0 aliphatic carbocycles. The van der Waals surface area contributed by atoms with Crippen LogP contribution in [0.2, 0.25) is 0 Å². The summed E-state index contributed by atoms with van der Waals surface area (Å²) in [5, 5.41) is 26.5. The molecule has 1 rings (SSSR count). The zero-order valence-corrected chi connectivity index (χ0v) is 8.04. The van der Waals surface area contributed by atoms with Crippen molar-refractivity contribution in [1.29, 1.82) is 0 Å². The van der Waals surface area contributed by atoms with E-state index in [0.717, 1.165) is 0 Å². The van der Waals surface area contributed by atoms with Crippen molar-refractivity contribution >= 4 is 23.8 Å². The molecular weight excluding hydrogens is 222 g/mol. The van der Waals surface area contributed by atoms with E-state index in [1.54, 1.807) is 0 Å². The number of rotatable bonds is 4. The normalized spacial score (nSPS) is 24.9. The quantitative estimate of drug-likeness (QED) is 0.478. The number of likely N-dealkylation sites (tertiary alicyclic amines) is 1. The van der Waals surface area contributed by atoms with E-state index >= 15 is 0 Å². The molecular formula is C8H9NO7. The maximum Gasteiger partial charge on any atom is 0.323 e. The molecule has 0 saturated carbocycles. The zero-order chi connectivity index (χ0) is 12.5. The van der Waals surface area contributed by atoms with Crippen LogP contribution in [0.3, 0.4) is 0 Å². The molecule has 1 heterocycles. The second-order valence-electron chi connectivity index (χ2n) is 3.46. The highest BCUT2D eigenvalue weighted by molar-refractivity contribution is 6.10. The van der Waals surface area contributed by atoms with Gasteiger partial charge in [-0.2, -0.15) is 0 Å². The minimum absolute atomic E-state index is 0.339. The summed E-state index contributed by atoms with van der Waals surface area (Å²) in [7, 11) is 0. The number of carboxylic acid groups (broad SMARTS) is 2. The SMILES string of the molecule is O=C(O)CN1C(=O)C[C@@](O)(CC(=O)O)C1=O. The minimum Gasteiger partial charge on any atom is -0.481 e. The van der Waals surface area contributed by atoms with E-state index < -0.39 is 48.7 Å². The minimum atomic E-state index is -2.32. The third-order valence-electron chi connectivity index (χ3n) is 2.13. The van der Waals surface area contributed by atoms with Crippen molar-refractivity contribution in [2.24, 2.45) is 0 Å². The number of imide groups is 1. The van der Waals surface area contributed by atoms with Crippen LogP contribution in [0.15, 0.2) is 0 Å². The lowest BCUT2D eigenvalue weighted by Crippen LogP contribution is -2.43. The highest BCUT2D eigenvalue weighted by atomic mass is 16.4. The van der Waals surface area contributed by atoms with Crippen LogP contribution < -0.4 is 0 Å². The lowest BCUT2D eigenvalue weighted by Gasteiger charge is -2.17. The van der Waals surface area contributed by atoms with Gasteiger partial charge < -0.3 is 15.3 Å². The number of aliphatic carboxylic acids is 2. The molecule has 8 nitrogen and oxygen atoms in total. The van der Waals surface area contributed by atoms with E-state index in [4.69, 9.17) is 10.2 Å². The van der Waals surface area contributed by atoms with Gasteiger partial charge in [-0.1, -0.05) is 0 Å². The second-order valence-corrected chi connectivity index (χ2v) is 3.46. The number of aliphatic hydroxyl groups is 1. The molecule has 1 aliphatic heterocycles. The van der Waals surface area contributed by atoms with Gasteiger partial charge in [-0.05, 0) is 0 Å². The lowest BCUT2D eigenvalue weighted by molar-refractivity contribution is -0.156. The predicted molar refractivity (Wildman–Crippen MR) is 46.2 cm³/mol. The van der Waals surface area contributed by atoms with E-state index in [1.807, 2.05) is 0 Å². The molecule has 16 heavy (non-hydrogen) atoms. The number of hydrogen-bond donors (Lipinski definition) is 3. The first-order valence-corrected chi connectivity index (χ1v) is 4.27. The van der Waals surface area contributed by atoms with Crippen LogP contribution >= 0.6 is 0 Å². The van der Waals surface area contributed by atoms with Crippen LogP contribution in [0.5, 0.6) is 0 Å².